The van der Waals surface area contributed by atoms with Gasteiger partial charge < -0.3 is 14.8 Å². The Bertz CT molecular complexity index is 1260. The van der Waals surface area contributed by atoms with E-state index < -0.39 is 22.5 Å². The molecule has 0 unspecified atom stereocenters. The molecule has 0 aliphatic heterocycles. The van der Waals surface area contributed by atoms with Crippen LogP contribution in [-0.2, 0) is 21.2 Å². The van der Waals surface area contributed by atoms with E-state index >= 15 is 0 Å². The minimum Gasteiger partial charge on any atom is -0.497 e. The number of sulfonamides is 1. The SMILES string of the molecule is CCc1ccc([C@H](C)NC(=O)CN(c2cc(OC)ccc2OC)S(=O)(=O)c2ccc(C)cc2)cc1. The quantitative estimate of drug-likeness (QED) is 0.442. The van der Waals surface area contributed by atoms with Crippen molar-refractivity contribution in [2.24, 2.45) is 0 Å². The number of amides is 1. The third-order valence-corrected chi connectivity index (χ3v) is 7.59. The van der Waals surface area contributed by atoms with Crippen LogP contribution >= 0.6 is 0 Å². The van der Waals surface area contributed by atoms with Crippen molar-refractivity contribution in [3.8, 4) is 11.5 Å². The van der Waals surface area contributed by atoms with Crippen LogP contribution < -0.4 is 19.1 Å². The second-order valence-electron chi connectivity index (χ2n) is 8.25. The van der Waals surface area contributed by atoms with Crippen LogP contribution in [0, 0.1) is 6.92 Å². The molecule has 186 valence electrons. The van der Waals surface area contributed by atoms with Crippen LogP contribution in [0.3, 0.4) is 0 Å². The van der Waals surface area contributed by atoms with Gasteiger partial charge >= 0.3 is 0 Å². The van der Waals surface area contributed by atoms with E-state index in [9.17, 15) is 13.2 Å². The fraction of sp³-hybridized carbons (Fsp3) is 0.296. The van der Waals surface area contributed by atoms with Gasteiger partial charge in [0.2, 0.25) is 5.91 Å². The fourth-order valence-electron chi connectivity index (χ4n) is 3.67. The zero-order valence-corrected chi connectivity index (χ0v) is 21.6. The Morgan fingerprint density at radius 3 is 2.20 bits per heavy atom. The van der Waals surface area contributed by atoms with Gasteiger partial charge in [0.25, 0.3) is 10.0 Å². The van der Waals surface area contributed by atoms with Crippen molar-refractivity contribution in [1.29, 1.82) is 0 Å². The van der Waals surface area contributed by atoms with E-state index in [-0.39, 0.29) is 16.6 Å². The lowest BCUT2D eigenvalue weighted by Crippen LogP contribution is -2.41. The van der Waals surface area contributed by atoms with E-state index in [2.05, 4.69) is 12.2 Å². The molecule has 0 bridgehead atoms. The van der Waals surface area contributed by atoms with Crippen LogP contribution in [0.4, 0.5) is 5.69 Å². The molecule has 0 aliphatic carbocycles. The number of rotatable bonds is 10. The zero-order valence-electron chi connectivity index (χ0n) is 20.7. The molecule has 35 heavy (non-hydrogen) atoms. The molecule has 0 radical (unpaired) electrons. The molecule has 1 N–H and O–H groups in total. The first-order valence-corrected chi connectivity index (χ1v) is 12.8. The summed E-state index contributed by atoms with van der Waals surface area (Å²) < 4.78 is 39.2. The lowest BCUT2D eigenvalue weighted by Gasteiger charge is -2.27. The zero-order chi connectivity index (χ0) is 25.6. The van der Waals surface area contributed by atoms with Crippen molar-refractivity contribution in [1.82, 2.24) is 5.32 Å². The third kappa shape index (κ3) is 6.14. The Hall–Kier alpha value is -3.52. The summed E-state index contributed by atoms with van der Waals surface area (Å²) in [7, 11) is -1.16. The van der Waals surface area contributed by atoms with Gasteiger partial charge in [-0.15, -0.1) is 0 Å². The lowest BCUT2D eigenvalue weighted by atomic mass is 10.1. The second-order valence-corrected chi connectivity index (χ2v) is 10.1. The highest BCUT2D eigenvalue weighted by molar-refractivity contribution is 7.92. The number of carbonyl (C=O) groups is 1. The Balaban J connectivity index is 1.97. The number of carbonyl (C=O) groups excluding carboxylic acids is 1. The Morgan fingerprint density at radius 2 is 1.63 bits per heavy atom. The van der Waals surface area contributed by atoms with Crippen molar-refractivity contribution in [3.63, 3.8) is 0 Å². The number of hydrogen-bond donors (Lipinski definition) is 1. The van der Waals surface area contributed by atoms with Gasteiger partial charge in [-0.3, -0.25) is 9.10 Å². The number of benzene rings is 3. The van der Waals surface area contributed by atoms with Gasteiger partial charge in [0.1, 0.15) is 18.0 Å². The van der Waals surface area contributed by atoms with Crippen molar-refractivity contribution in [3.05, 3.63) is 83.4 Å². The number of hydrogen-bond acceptors (Lipinski definition) is 5. The van der Waals surface area contributed by atoms with E-state index in [1.165, 1.54) is 31.9 Å². The summed E-state index contributed by atoms with van der Waals surface area (Å²) >= 11 is 0. The first-order chi connectivity index (χ1) is 16.7. The van der Waals surface area contributed by atoms with Gasteiger partial charge in [-0.2, -0.15) is 0 Å². The maximum atomic E-state index is 13.7. The lowest BCUT2D eigenvalue weighted by molar-refractivity contribution is -0.120. The Kier molecular flexibility index (Phi) is 8.40. The molecule has 3 rings (SSSR count). The summed E-state index contributed by atoms with van der Waals surface area (Å²) in [5.41, 5.74) is 3.27. The number of nitrogens with zero attached hydrogens (tertiary/aromatic N) is 1. The topological polar surface area (TPSA) is 84.9 Å². The highest BCUT2D eigenvalue weighted by atomic mass is 32.2. The summed E-state index contributed by atoms with van der Waals surface area (Å²) in [5, 5.41) is 2.92. The molecule has 0 saturated heterocycles. The average molecular weight is 497 g/mol. The van der Waals surface area contributed by atoms with Gasteiger partial charge in [-0.1, -0.05) is 48.9 Å². The van der Waals surface area contributed by atoms with Crippen LogP contribution in [0.1, 0.15) is 36.6 Å². The molecule has 8 heteroatoms. The van der Waals surface area contributed by atoms with Gasteiger partial charge in [-0.05, 0) is 55.7 Å². The van der Waals surface area contributed by atoms with Crippen molar-refractivity contribution < 1.29 is 22.7 Å². The van der Waals surface area contributed by atoms with Crippen molar-refractivity contribution in [2.75, 3.05) is 25.1 Å². The second kappa shape index (κ2) is 11.3. The molecule has 7 nitrogen and oxygen atoms in total. The first-order valence-electron chi connectivity index (χ1n) is 11.4. The van der Waals surface area contributed by atoms with Crippen LogP contribution in [0.15, 0.2) is 71.6 Å². The third-order valence-electron chi connectivity index (χ3n) is 5.82. The summed E-state index contributed by atoms with van der Waals surface area (Å²) in [6.07, 6.45) is 0.926. The van der Waals surface area contributed by atoms with Crippen molar-refractivity contribution >= 4 is 21.6 Å². The molecule has 0 spiro atoms. The monoisotopic (exact) mass is 496 g/mol. The summed E-state index contributed by atoms with van der Waals surface area (Å²) in [5.74, 6) is 0.296. The number of methoxy groups -OCH3 is 2. The number of ether oxygens (including phenoxy) is 2. The van der Waals surface area contributed by atoms with Crippen LogP contribution in [0.25, 0.3) is 0 Å². The minimum absolute atomic E-state index is 0.0731. The number of aryl methyl sites for hydroxylation is 2. The Morgan fingerprint density at radius 1 is 0.971 bits per heavy atom. The molecule has 1 atom stereocenters. The fourth-order valence-corrected chi connectivity index (χ4v) is 5.10. The molecule has 3 aromatic rings. The highest BCUT2D eigenvalue weighted by Crippen LogP contribution is 2.35. The predicted molar refractivity (Wildman–Crippen MR) is 138 cm³/mol. The van der Waals surface area contributed by atoms with Gasteiger partial charge in [-0.25, -0.2) is 8.42 Å². The van der Waals surface area contributed by atoms with Crippen LogP contribution in [-0.4, -0.2) is 35.1 Å². The molecule has 3 aromatic carbocycles. The van der Waals surface area contributed by atoms with Gasteiger partial charge in [0.15, 0.2) is 0 Å². The van der Waals surface area contributed by atoms with Crippen molar-refractivity contribution in [2.45, 2.75) is 38.1 Å². The predicted octanol–water partition coefficient (Wildman–Crippen LogP) is 4.65. The highest BCUT2D eigenvalue weighted by Gasteiger charge is 2.30. The molecular weight excluding hydrogens is 464 g/mol. The number of nitrogens with one attached hydrogen (secondary N) is 1. The van der Waals surface area contributed by atoms with Gasteiger partial charge in [0, 0.05) is 6.07 Å². The molecule has 0 aliphatic rings. The molecular formula is C27H32N2O5S. The molecule has 0 aromatic heterocycles. The standard InChI is InChI=1S/C27H32N2O5S/c1-6-21-9-11-22(12-10-21)20(3)28-27(30)18-29(25-17-23(33-4)13-16-26(25)34-5)35(31,32)24-14-7-19(2)8-15-24/h7-17,20H,6,18H2,1-5H3,(H,28,30)/t20-/m0/s1. The normalized spacial score (nSPS) is 12.0. The molecule has 0 saturated carbocycles. The van der Waals surface area contributed by atoms with E-state index in [1.54, 1.807) is 30.3 Å². The molecule has 0 heterocycles. The largest absolute Gasteiger partial charge is 0.497 e. The minimum atomic E-state index is -4.10. The molecule has 0 fully saturated rings. The number of anilines is 1. The van der Waals surface area contributed by atoms with E-state index in [4.69, 9.17) is 9.47 Å². The van der Waals surface area contributed by atoms with E-state index in [0.717, 1.165) is 21.9 Å². The molecule has 1 amide bonds. The van der Waals surface area contributed by atoms with E-state index in [0.29, 0.717) is 11.5 Å². The van der Waals surface area contributed by atoms with Gasteiger partial charge in [0.05, 0.1) is 30.8 Å². The maximum Gasteiger partial charge on any atom is 0.264 e. The van der Waals surface area contributed by atoms with E-state index in [1.807, 2.05) is 38.1 Å². The van der Waals surface area contributed by atoms with Crippen LogP contribution in [0.5, 0.6) is 11.5 Å². The Labute approximate surface area is 207 Å². The van der Waals surface area contributed by atoms with Crippen LogP contribution in [0.2, 0.25) is 0 Å². The summed E-state index contributed by atoms with van der Waals surface area (Å²) in [4.78, 5) is 13.2. The summed E-state index contributed by atoms with van der Waals surface area (Å²) in [6, 6.07) is 19.0. The first kappa shape index (κ1) is 26.1. The maximum absolute atomic E-state index is 13.7. The average Bonchev–Trinajstić information content (AvgIpc) is 2.87. The summed E-state index contributed by atoms with van der Waals surface area (Å²) in [6.45, 7) is 5.39. The smallest absolute Gasteiger partial charge is 0.264 e.